The van der Waals surface area contributed by atoms with E-state index in [-0.39, 0.29) is 6.09 Å². The van der Waals surface area contributed by atoms with Gasteiger partial charge in [-0.25, -0.2) is 9.31 Å². The number of amides is 1. The predicted octanol–water partition coefficient (Wildman–Crippen LogP) is 6.26. The zero-order chi connectivity index (χ0) is 26.0. The van der Waals surface area contributed by atoms with Crippen molar-refractivity contribution in [3.8, 4) is 16.9 Å². The highest BCUT2D eigenvalue weighted by Crippen LogP contribution is 2.31. The van der Waals surface area contributed by atoms with Gasteiger partial charge in [0.15, 0.2) is 5.65 Å². The Balaban J connectivity index is 1.25. The number of anilines is 2. The van der Waals surface area contributed by atoms with E-state index in [1.807, 2.05) is 68.3 Å². The van der Waals surface area contributed by atoms with Gasteiger partial charge in [0.05, 0.1) is 7.11 Å². The zero-order valence-corrected chi connectivity index (χ0v) is 21.8. The number of methoxy groups -OCH3 is 1. The summed E-state index contributed by atoms with van der Waals surface area (Å²) in [6.07, 6.45) is 3.52. The van der Waals surface area contributed by atoms with E-state index in [0.717, 1.165) is 41.1 Å². The van der Waals surface area contributed by atoms with Crippen LogP contribution in [0.5, 0.6) is 5.75 Å². The molecule has 1 aliphatic heterocycles. The van der Waals surface area contributed by atoms with Crippen molar-refractivity contribution in [2.45, 2.75) is 45.1 Å². The molecule has 1 N–H and O–H groups in total. The van der Waals surface area contributed by atoms with Crippen LogP contribution < -0.4 is 10.1 Å². The van der Waals surface area contributed by atoms with E-state index in [0.29, 0.717) is 25.0 Å². The maximum Gasteiger partial charge on any atom is 0.410 e. The van der Waals surface area contributed by atoms with E-state index >= 15 is 0 Å². The van der Waals surface area contributed by atoms with Crippen LogP contribution in [0.2, 0.25) is 0 Å². The van der Waals surface area contributed by atoms with Crippen molar-refractivity contribution >= 4 is 23.4 Å². The van der Waals surface area contributed by atoms with Crippen molar-refractivity contribution in [3.63, 3.8) is 0 Å². The number of fused-ring (bicyclic) bond motifs is 1. The average molecular weight is 500 g/mol. The van der Waals surface area contributed by atoms with E-state index in [2.05, 4.69) is 34.7 Å². The third-order valence-corrected chi connectivity index (χ3v) is 6.53. The van der Waals surface area contributed by atoms with Crippen molar-refractivity contribution in [1.82, 2.24) is 19.5 Å². The summed E-state index contributed by atoms with van der Waals surface area (Å²) in [5.74, 6) is 1.76. The summed E-state index contributed by atoms with van der Waals surface area (Å²) in [5.41, 5.74) is 4.50. The topological polar surface area (TPSA) is 81.0 Å². The molecule has 4 aromatic rings. The molecule has 5 rings (SSSR count). The Morgan fingerprint density at radius 2 is 1.78 bits per heavy atom. The molecule has 2 aromatic carbocycles. The summed E-state index contributed by atoms with van der Waals surface area (Å²) in [7, 11) is 1.66. The molecule has 2 aromatic heterocycles. The number of nitrogens with zero attached hydrogens (tertiary/aromatic N) is 4. The largest absolute Gasteiger partial charge is 0.497 e. The first kappa shape index (κ1) is 24.6. The smallest absolute Gasteiger partial charge is 0.410 e. The van der Waals surface area contributed by atoms with E-state index in [4.69, 9.17) is 14.5 Å². The molecule has 8 heteroatoms. The van der Waals surface area contributed by atoms with E-state index in [1.165, 1.54) is 5.56 Å². The molecule has 0 aliphatic carbocycles. The number of ether oxygens (including phenoxy) is 2. The maximum atomic E-state index is 12.3. The van der Waals surface area contributed by atoms with Crippen LogP contribution in [-0.4, -0.2) is 51.4 Å². The van der Waals surface area contributed by atoms with Crippen LogP contribution in [0.15, 0.2) is 66.9 Å². The number of carbonyl (C=O) groups excluding carboxylic acids is 1. The quantitative estimate of drug-likeness (QED) is 0.349. The number of carbonyl (C=O) groups is 1. The molecule has 0 radical (unpaired) electrons. The third-order valence-electron chi connectivity index (χ3n) is 6.53. The lowest BCUT2D eigenvalue weighted by atomic mass is 9.89. The van der Waals surface area contributed by atoms with Gasteiger partial charge in [-0.3, -0.25) is 0 Å². The van der Waals surface area contributed by atoms with Crippen LogP contribution in [0.3, 0.4) is 0 Å². The van der Waals surface area contributed by atoms with Gasteiger partial charge in [0.25, 0.3) is 0 Å². The van der Waals surface area contributed by atoms with Gasteiger partial charge < -0.3 is 19.7 Å². The number of benzene rings is 2. The molecule has 37 heavy (non-hydrogen) atoms. The molecule has 0 saturated carbocycles. The van der Waals surface area contributed by atoms with Crippen LogP contribution in [0, 0.1) is 0 Å². The minimum Gasteiger partial charge on any atom is -0.497 e. The number of pyridine rings is 1. The number of aromatic nitrogens is 3. The van der Waals surface area contributed by atoms with Gasteiger partial charge >= 0.3 is 6.09 Å². The van der Waals surface area contributed by atoms with Gasteiger partial charge in [-0.1, -0.05) is 24.3 Å². The molecule has 0 atom stereocenters. The molecule has 1 aliphatic rings. The van der Waals surface area contributed by atoms with Crippen LogP contribution in [0.1, 0.15) is 45.1 Å². The second-order valence-electron chi connectivity index (χ2n) is 10.3. The first-order valence-electron chi connectivity index (χ1n) is 12.6. The molecule has 0 spiro atoms. The number of rotatable bonds is 5. The highest BCUT2D eigenvalue weighted by Gasteiger charge is 2.27. The minimum atomic E-state index is -0.469. The van der Waals surface area contributed by atoms with Crippen LogP contribution in [0.25, 0.3) is 16.8 Å². The second-order valence-corrected chi connectivity index (χ2v) is 10.3. The number of piperidine rings is 1. The predicted molar refractivity (Wildman–Crippen MR) is 144 cm³/mol. The fourth-order valence-corrected chi connectivity index (χ4v) is 4.66. The summed E-state index contributed by atoms with van der Waals surface area (Å²) in [6.45, 7) is 7.11. The second kappa shape index (κ2) is 10.1. The standard InChI is InChI=1S/C29H33N5O3/c1-29(2,3)37-28(35)33-17-14-21(15-18-33)20-10-12-23(13-11-20)30-27-31-26-25(9-6-16-34(26)32-27)22-7-5-8-24(19-22)36-4/h5-13,16,19,21H,14-15,17-18H2,1-4H3,(H,30,32). The SMILES string of the molecule is COc1cccc(-c2cccn3nc(Nc4ccc(C5CCN(C(=O)OC(C)(C)C)CC5)cc4)nc23)c1. The fraction of sp³-hybridized carbons (Fsp3) is 0.345. The Bertz CT molecular complexity index is 1380. The average Bonchev–Trinajstić information content (AvgIpc) is 3.31. The van der Waals surface area contributed by atoms with Gasteiger partial charge in [-0.15, -0.1) is 5.10 Å². The zero-order valence-electron chi connectivity index (χ0n) is 21.8. The first-order valence-corrected chi connectivity index (χ1v) is 12.6. The number of nitrogens with one attached hydrogen (secondary N) is 1. The highest BCUT2D eigenvalue weighted by atomic mass is 16.6. The minimum absolute atomic E-state index is 0.222. The summed E-state index contributed by atoms with van der Waals surface area (Å²) < 4.78 is 12.7. The molecule has 3 heterocycles. The summed E-state index contributed by atoms with van der Waals surface area (Å²) in [4.78, 5) is 18.9. The lowest BCUT2D eigenvalue weighted by Crippen LogP contribution is -2.41. The van der Waals surface area contributed by atoms with Gasteiger partial charge in [-0.05, 0) is 87.1 Å². The van der Waals surface area contributed by atoms with Crippen LogP contribution in [0.4, 0.5) is 16.4 Å². The maximum absolute atomic E-state index is 12.3. The first-order chi connectivity index (χ1) is 17.8. The third kappa shape index (κ3) is 5.69. The normalized spacial score (nSPS) is 14.5. The highest BCUT2D eigenvalue weighted by molar-refractivity contribution is 5.79. The molecule has 8 nitrogen and oxygen atoms in total. The molecule has 1 saturated heterocycles. The molecular weight excluding hydrogens is 466 g/mol. The van der Waals surface area contributed by atoms with Crippen molar-refractivity contribution in [3.05, 3.63) is 72.4 Å². The molecule has 1 fully saturated rings. The summed E-state index contributed by atoms with van der Waals surface area (Å²) in [5, 5.41) is 7.94. The van der Waals surface area contributed by atoms with Crippen LogP contribution in [-0.2, 0) is 4.74 Å². The molecular formula is C29H33N5O3. The van der Waals surface area contributed by atoms with Crippen LogP contribution >= 0.6 is 0 Å². The molecule has 0 unspecified atom stereocenters. The lowest BCUT2D eigenvalue weighted by Gasteiger charge is -2.33. The Kier molecular flexibility index (Phi) is 6.74. The van der Waals surface area contributed by atoms with Crippen molar-refractivity contribution in [1.29, 1.82) is 0 Å². The number of likely N-dealkylation sites (tertiary alicyclic amines) is 1. The number of hydrogen-bond donors (Lipinski definition) is 1. The lowest BCUT2D eigenvalue weighted by molar-refractivity contribution is 0.0205. The van der Waals surface area contributed by atoms with Gasteiger partial charge in [0.2, 0.25) is 5.95 Å². The Hall–Kier alpha value is -4.07. The molecule has 192 valence electrons. The fourth-order valence-electron chi connectivity index (χ4n) is 4.66. The summed E-state index contributed by atoms with van der Waals surface area (Å²) >= 11 is 0. The Morgan fingerprint density at radius 3 is 2.49 bits per heavy atom. The van der Waals surface area contributed by atoms with E-state index in [9.17, 15) is 4.79 Å². The van der Waals surface area contributed by atoms with E-state index < -0.39 is 5.60 Å². The Morgan fingerprint density at radius 1 is 1.03 bits per heavy atom. The summed E-state index contributed by atoms with van der Waals surface area (Å²) in [6, 6.07) is 20.3. The molecule has 0 bridgehead atoms. The molecule has 1 amide bonds. The Labute approximate surface area is 217 Å². The monoisotopic (exact) mass is 499 g/mol. The number of hydrogen-bond acceptors (Lipinski definition) is 6. The van der Waals surface area contributed by atoms with Crippen molar-refractivity contribution < 1.29 is 14.3 Å². The van der Waals surface area contributed by atoms with Gasteiger partial charge in [0.1, 0.15) is 11.4 Å². The van der Waals surface area contributed by atoms with Gasteiger partial charge in [0, 0.05) is 30.5 Å². The van der Waals surface area contributed by atoms with E-state index in [1.54, 1.807) is 11.6 Å². The van der Waals surface area contributed by atoms with Crippen molar-refractivity contribution in [2.75, 3.05) is 25.5 Å². The van der Waals surface area contributed by atoms with Gasteiger partial charge in [-0.2, -0.15) is 4.98 Å². The van der Waals surface area contributed by atoms with Crippen molar-refractivity contribution in [2.24, 2.45) is 0 Å².